The van der Waals surface area contributed by atoms with Gasteiger partial charge in [-0.3, -0.25) is 0 Å². The first kappa shape index (κ1) is 19.3. The average Bonchev–Trinajstić information content (AvgIpc) is 2.52. The molecule has 0 spiro atoms. The SMILES string of the molecule is C[C@@H](CCc1ccc(O)cc1)NC[C@@H](O)c1ccc(O)cc1.Cl. The minimum atomic E-state index is -0.586. The van der Waals surface area contributed by atoms with Crippen LogP contribution in [0.1, 0.15) is 30.6 Å². The van der Waals surface area contributed by atoms with Gasteiger partial charge in [0, 0.05) is 12.6 Å². The molecule has 0 saturated carbocycles. The topological polar surface area (TPSA) is 72.7 Å². The van der Waals surface area contributed by atoms with E-state index in [1.54, 1.807) is 36.4 Å². The van der Waals surface area contributed by atoms with Crippen LogP contribution in [-0.2, 0) is 6.42 Å². The summed E-state index contributed by atoms with van der Waals surface area (Å²) in [5.74, 6) is 0.484. The highest BCUT2D eigenvalue weighted by Gasteiger charge is 2.09. The number of hydrogen-bond donors (Lipinski definition) is 4. The van der Waals surface area contributed by atoms with E-state index in [4.69, 9.17) is 0 Å². The van der Waals surface area contributed by atoms with E-state index in [0.29, 0.717) is 6.54 Å². The Morgan fingerprint density at radius 1 is 0.913 bits per heavy atom. The van der Waals surface area contributed by atoms with Crippen molar-refractivity contribution in [1.82, 2.24) is 5.32 Å². The monoisotopic (exact) mass is 337 g/mol. The number of halogens is 1. The predicted molar refractivity (Wildman–Crippen MR) is 94.2 cm³/mol. The molecule has 2 aromatic carbocycles. The first-order valence-corrected chi connectivity index (χ1v) is 7.53. The number of aromatic hydroxyl groups is 2. The van der Waals surface area contributed by atoms with E-state index >= 15 is 0 Å². The van der Waals surface area contributed by atoms with Gasteiger partial charge in [0.05, 0.1) is 6.10 Å². The number of nitrogens with one attached hydrogen (secondary N) is 1. The highest BCUT2D eigenvalue weighted by Crippen LogP contribution is 2.16. The van der Waals surface area contributed by atoms with Gasteiger partial charge in [0.15, 0.2) is 0 Å². The van der Waals surface area contributed by atoms with Gasteiger partial charge in [-0.05, 0) is 55.2 Å². The molecule has 23 heavy (non-hydrogen) atoms. The first-order chi connectivity index (χ1) is 10.5. The van der Waals surface area contributed by atoms with Crippen molar-refractivity contribution in [3.63, 3.8) is 0 Å². The van der Waals surface area contributed by atoms with Crippen LogP contribution in [0, 0.1) is 0 Å². The molecule has 2 atom stereocenters. The molecule has 0 unspecified atom stereocenters. The zero-order chi connectivity index (χ0) is 15.9. The molecule has 0 heterocycles. The van der Waals surface area contributed by atoms with Crippen molar-refractivity contribution >= 4 is 12.4 Å². The van der Waals surface area contributed by atoms with Crippen molar-refractivity contribution in [1.29, 1.82) is 0 Å². The van der Waals surface area contributed by atoms with Gasteiger partial charge in [-0.15, -0.1) is 12.4 Å². The maximum Gasteiger partial charge on any atom is 0.115 e. The molecule has 0 radical (unpaired) electrons. The Bertz CT molecular complexity index is 572. The molecule has 5 heteroatoms. The normalized spacial score (nSPS) is 13.1. The van der Waals surface area contributed by atoms with E-state index in [1.165, 1.54) is 5.56 Å². The molecule has 0 amide bonds. The fourth-order valence-corrected chi connectivity index (χ4v) is 2.27. The smallest absolute Gasteiger partial charge is 0.115 e. The Morgan fingerprint density at radius 2 is 1.43 bits per heavy atom. The lowest BCUT2D eigenvalue weighted by atomic mass is 10.1. The van der Waals surface area contributed by atoms with Crippen LogP contribution in [0.5, 0.6) is 11.5 Å². The van der Waals surface area contributed by atoms with E-state index in [2.05, 4.69) is 12.2 Å². The Kier molecular flexibility index (Phi) is 7.89. The number of phenols is 2. The Morgan fingerprint density at radius 3 is 2.00 bits per heavy atom. The summed E-state index contributed by atoms with van der Waals surface area (Å²) >= 11 is 0. The molecular formula is C18H24ClNO3. The highest BCUT2D eigenvalue weighted by molar-refractivity contribution is 5.85. The molecule has 0 aliphatic heterocycles. The molecule has 2 aromatic rings. The van der Waals surface area contributed by atoms with E-state index in [9.17, 15) is 15.3 Å². The van der Waals surface area contributed by atoms with Crippen LogP contribution < -0.4 is 5.32 Å². The quantitative estimate of drug-likeness (QED) is 0.626. The molecule has 0 aliphatic rings. The lowest BCUT2D eigenvalue weighted by Crippen LogP contribution is -2.30. The van der Waals surface area contributed by atoms with Crippen LogP contribution in [0.15, 0.2) is 48.5 Å². The largest absolute Gasteiger partial charge is 0.508 e. The summed E-state index contributed by atoms with van der Waals surface area (Å²) in [6.07, 6.45) is 1.29. The average molecular weight is 338 g/mol. The second kappa shape index (κ2) is 9.40. The summed E-state index contributed by atoms with van der Waals surface area (Å²) in [4.78, 5) is 0. The Balaban J connectivity index is 0.00000264. The zero-order valence-electron chi connectivity index (χ0n) is 13.1. The van der Waals surface area contributed by atoms with Crippen LogP contribution in [0.2, 0.25) is 0 Å². The number of aryl methyl sites for hydroxylation is 1. The number of phenolic OH excluding ortho intramolecular Hbond substituents is 2. The number of hydrogen-bond acceptors (Lipinski definition) is 4. The van der Waals surface area contributed by atoms with Gasteiger partial charge in [0.25, 0.3) is 0 Å². The lowest BCUT2D eigenvalue weighted by Gasteiger charge is -2.17. The summed E-state index contributed by atoms with van der Waals surface area (Å²) in [6.45, 7) is 2.56. The molecule has 0 aromatic heterocycles. The van der Waals surface area contributed by atoms with Gasteiger partial charge >= 0.3 is 0 Å². The van der Waals surface area contributed by atoms with Crippen molar-refractivity contribution in [3.8, 4) is 11.5 Å². The number of aliphatic hydroxyl groups is 1. The van der Waals surface area contributed by atoms with Gasteiger partial charge < -0.3 is 20.6 Å². The zero-order valence-corrected chi connectivity index (χ0v) is 14.0. The van der Waals surface area contributed by atoms with Gasteiger partial charge in [-0.25, -0.2) is 0 Å². The van der Waals surface area contributed by atoms with Gasteiger partial charge in [-0.1, -0.05) is 24.3 Å². The molecular weight excluding hydrogens is 314 g/mol. The fourth-order valence-electron chi connectivity index (χ4n) is 2.27. The van der Waals surface area contributed by atoms with Crippen molar-refractivity contribution in [2.24, 2.45) is 0 Å². The predicted octanol–water partition coefficient (Wildman–Crippen LogP) is 3.16. The van der Waals surface area contributed by atoms with Crippen molar-refractivity contribution < 1.29 is 15.3 Å². The second-order valence-corrected chi connectivity index (χ2v) is 5.62. The fraction of sp³-hybridized carbons (Fsp3) is 0.333. The third-order valence-electron chi connectivity index (χ3n) is 3.74. The molecule has 2 rings (SSSR count). The molecule has 4 N–H and O–H groups in total. The summed E-state index contributed by atoms with van der Waals surface area (Å²) < 4.78 is 0. The third-order valence-corrected chi connectivity index (χ3v) is 3.74. The van der Waals surface area contributed by atoms with Crippen LogP contribution >= 0.6 is 12.4 Å². The Labute approximate surface area is 143 Å². The number of benzene rings is 2. The third kappa shape index (κ3) is 6.48. The maximum atomic E-state index is 10.1. The summed E-state index contributed by atoms with van der Waals surface area (Å²) in [6, 6.07) is 14.1. The second-order valence-electron chi connectivity index (χ2n) is 5.62. The summed E-state index contributed by atoms with van der Waals surface area (Å²) in [5.41, 5.74) is 1.97. The van der Waals surface area contributed by atoms with Crippen molar-refractivity contribution in [3.05, 3.63) is 59.7 Å². The highest BCUT2D eigenvalue weighted by atomic mass is 35.5. The van der Waals surface area contributed by atoms with Gasteiger partial charge in [-0.2, -0.15) is 0 Å². The van der Waals surface area contributed by atoms with E-state index in [0.717, 1.165) is 18.4 Å². The van der Waals surface area contributed by atoms with E-state index in [-0.39, 0.29) is 29.9 Å². The van der Waals surface area contributed by atoms with Crippen LogP contribution in [-0.4, -0.2) is 27.9 Å². The molecule has 0 fully saturated rings. The molecule has 4 nitrogen and oxygen atoms in total. The Hall–Kier alpha value is -1.75. The van der Waals surface area contributed by atoms with Crippen LogP contribution in [0.25, 0.3) is 0 Å². The van der Waals surface area contributed by atoms with E-state index < -0.39 is 6.10 Å². The standard InChI is InChI=1S/C18H23NO3.ClH/c1-13(2-3-14-4-8-16(20)9-5-14)19-12-18(22)15-6-10-17(21)11-7-15;/h4-11,13,18-22H,2-3,12H2,1H3;1H/t13-,18+;/m0./s1. The summed E-state index contributed by atoms with van der Waals surface area (Å²) in [5, 5.41) is 31.9. The van der Waals surface area contributed by atoms with Crippen LogP contribution in [0.4, 0.5) is 0 Å². The number of rotatable bonds is 7. The summed E-state index contributed by atoms with van der Waals surface area (Å²) in [7, 11) is 0. The molecule has 0 aliphatic carbocycles. The van der Waals surface area contributed by atoms with Crippen molar-refractivity contribution in [2.45, 2.75) is 31.9 Å². The number of aliphatic hydroxyl groups excluding tert-OH is 1. The maximum absolute atomic E-state index is 10.1. The molecule has 0 saturated heterocycles. The van der Waals surface area contributed by atoms with Crippen LogP contribution in [0.3, 0.4) is 0 Å². The van der Waals surface area contributed by atoms with E-state index in [1.807, 2.05) is 12.1 Å². The minimum Gasteiger partial charge on any atom is -0.508 e. The van der Waals surface area contributed by atoms with Gasteiger partial charge in [0.1, 0.15) is 11.5 Å². The first-order valence-electron chi connectivity index (χ1n) is 7.53. The lowest BCUT2D eigenvalue weighted by molar-refractivity contribution is 0.170. The molecule has 126 valence electrons. The minimum absolute atomic E-state index is 0. The van der Waals surface area contributed by atoms with Gasteiger partial charge in [0.2, 0.25) is 0 Å². The molecule has 0 bridgehead atoms. The van der Waals surface area contributed by atoms with Crippen molar-refractivity contribution in [2.75, 3.05) is 6.54 Å².